The molecule has 0 amide bonds. The van der Waals surface area contributed by atoms with Crippen molar-refractivity contribution in [3.8, 4) is 5.75 Å². The molecule has 2 rings (SSSR count). The van der Waals surface area contributed by atoms with Crippen LogP contribution in [0.2, 0.25) is 0 Å². The fourth-order valence-corrected chi connectivity index (χ4v) is 2.52. The van der Waals surface area contributed by atoms with Gasteiger partial charge in [0.05, 0.1) is 7.11 Å². The van der Waals surface area contributed by atoms with Gasteiger partial charge in [-0.3, -0.25) is 0 Å². The molecule has 0 saturated carbocycles. The highest BCUT2D eigenvalue weighted by Gasteiger charge is 2.16. The number of allylic oxidation sites excluding steroid dienone is 1. The van der Waals surface area contributed by atoms with E-state index < -0.39 is 0 Å². The van der Waals surface area contributed by atoms with Crippen LogP contribution in [0.3, 0.4) is 0 Å². The van der Waals surface area contributed by atoms with E-state index in [1.807, 2.05) is 12.1 Å². The number of methoxy groups -OCH3 is 1. The molecule has 0 aromatic heterocycles. The van der Waals surface area contributed by atoms with Gasteiger partial charge in [0.1, 0.15) is 5.75 Å². The number of hydrogen-bond acceptors (Lipinski definition) is 2. The first-order chi connectivity index (χ1) is 8.35. The van der Waals surface area contributed by atoms with Crippen molar-refractivity contribution in [3.63, 3.8) is 0 Å². The molecule has 2 heteroatoms. The molecular formula is C15H21NO. The maximum absolute atomic E-state index is 5.93. The molecule has 1 aromatic carbocycles. The van der Waals surface area contributed by atoms with Gasteiger partial charge in [0, 0.05) is 12.5 Å². The summed E-state index contributed by atoms with van der Waals surface area (Å²) in [5, 5.41) is 0. The molecule has 92 valence electrons. The van der Waals surface area contributed by atoms with Gasteiger partial charge >= 0.3 is 0 Å². The third-order valence-corrected chi connectivity index (χ3v) is 3.53. The minimum absolute atomic E-state index is 0.390. The van der Waals surface area contributed by atoms with E-state index in [0.717, 1.165) is 5.75 Å². The Bertz CT molecular complexity index is 380. The Labute approximate surface area is 103 Å². The minimum Gasteiger partial charge on any atom is -0.497 e. The first kappa shape index (κ1) is 12.2. The Balaban J connectivity index is 2.18. The topological polar surface area (TPSA) is 35.2 Å². The highest BCUT2D eigenvalue weighted by molar-refractivity contribution is 5.34. The lowest BCUT2D eigenvalue weighted by Crippen LogP contribution is -2.16. The fourth-order valence-electron chi connectivity index (χ4n) is 2.52. The number of nitrogens with two attached hydrogens (primary N) is 1. The van der Waals surface area contributed by atoms with Gasteiger partial charge in [-0.25, -0.2) is 0 Å². The average molecular weight is 231 g/mol. The van der Waals surface area contributed by atoms with Crippen molar-refractivity contribution < 1.29 is 4.74 Å². The van der Waals surface area contributed by atoms with Crippen LogP contribution in [0.1, 0.15) is 37.2 Å². The average Bonchev–Trinajstić information content (AvgIpc) is 2.42. The summed E-state index contributed by atoms with van der Waals surface area (Å²) in [5.41, 5.74) is 8.76. The molecule has 2 N–H and O–H groups in total. The Morgan fingerprint density at radius 2 is 2.00 bits per heavy atom. The summed E-state index contributed by atoms with van der Waals surface area (Å²) in [6.07, 6.45) is 7.42. The van der Waals surface area contributed by atoms with Gasteiger partial charge in [-0.1, -0.05) is 23.8 Å². The summed E-state index contributed by atoms with van der Waals surface area (Å²) in [4.78, 5) is 0. The summed E-state index contributed by atoms with van der Waals surface area (Å²) in [7, 11) is 1.69. The van der Waals surface area contributed by atoms with Gasteiger partial charge in [-0.2, -0.15) is 0 Å². The Kier molecular flexibility index (Phi) is 4.21. The van der Waals surface area contributed by atoms with Crippen LogP contribution < -0.4 is 10.5 Å². The second-order valence-corrected chi connectivity index (χ2v) is 4.59. The molecule has 0 heterocycles. The van der Waals surface area contributed by atoms with Crippen molar-refractivity contribution >= 4 is 0 Å². The van der Waals surface area contributed by atoms with Crippen LogP contribution >= 0.6 is 0 Å². The molecule has 1 aliphatic rings. The van der Waals surface area contributed by atoms with E-state index >= 15 is 0 Å². The normalized spacial score (nSPS) is 17.4. The van der Waals surface area contributed by atoms with Gasteiger partial charge in [0.15, 0.2) is 0 Å². The van der Waals surface area contributed by atoms with E-state index in [4.69, 9.17) is 10.5 Å². The predicted molar refractivity (Wildman–Crippen MR) is 71.3 cm³/mol. The lowest BCUT2D eigenvalue weighted by molar-refractivity contribution is 0.414. The quantitative estimate of drug-likeness (QED) is 0.807. The number of ether oxygens (including phenoxy) is 1. The molecule has 1 aliphatic carbocycles. The highest BCUT2D eigenvalue weighted by Crippen LogP contribution is 2.31. The van der Waals surface area contributed by atoms with Crippen LogP contribution in [0.5, 0.6) is 5.75 Å². The molecule has 0 saturated heterocycles. The number of hydrogen-bond donors (Lipinski definition) is 1. The first-order valence-electron chi connectivity index (χ1n) is 6.38. The summed E-state index contributed by atoms with van der Waals surface area (Å²) < 4.78 is 5.18. The van der Waals surface area contributed by atoms with Gasteiger partial charge in [-0.15, -0.1) is 0 Å². The van der Waals surface area contributed by atoms with Crippen LogP contribution in [0, 0.1) is 0 Å². The molecule has 17 heavy (non-hydrogen) atoms. The number of benzene rings is 1. The molecule has 1 unspecified atom stereocenters. The third kappa shape index (κ3) is 2.89. The number of rotatable bonds is 4. The maximum Gasteiger partial charge on any atom is 0.118 e. The van der Waals surface area contributed by atoms with Gasteiger partial charge in [-0.05, 0) is 43.4 Å². The van der Waals surface area contributed by atoms with Crippen molar-refractivity contribution in [3.05, 3.63) is 41.5 Å². The van der Waals surface area contributed by atoms with E-state index in [2.05, 4.69) is 18.2 Å². The molecular weight excluding hydrogens is 210 g/mol. The SMILES string of the molecule is COc1ccc(C(CN)C2=CCCCC2)cc1. The maximum atomic E-state index is 5.93. The minimum atomic E-state index is 0.390. The van der Waals surface area contributed by atoms with Crippen molar-refractivity contribution in [2.24, 2.45) is 5.73 Å². The zero-order chi connectivity index (χ0) is 12.1. The largest absolute Gasteiger partial charge is 0.497 e. The van der Waals surface area contributed by atoms with Crippen LogP contribution in [0.4, 0.5) is 0 Å². The van der Waals surface area contributed by atoms with Crippen LogP contribution in [0.15, 0.2) is 35.9 Å². The Morgan fingerprint density at radius 3 is 2.53 bits per heavy atom. The summed E-state index contributed by atoms with van der Waals surface area (Å²) in [6, 6.07) is 8.29. The molecule has 0 aliphatic heterocycles. The predicted octanol–water partition coefficient (Wildman–Crippen LogP) is 3.24. The van der Waals surface area contributed by atoms with Crippen LogP contribution in [0.25, 0.3) is 0 Å². The van der Waals surface area contributed by atoms with Crippen molar-refractivity contribution in [1.29, 1.82) is 0 Å². The van der Waals surface area contributed by atoms with E-state index in [9.17, 15) is 0 Å². The molecule has 1 aromatic rings. The summed E-state index contributed by atoms with van der Waals surface area (Å²) in [5.74, 6) is 1.29. The Morgan fingerprint density at radius 1 is 1.24 bits per heavy atom. The monoisotopic (exact) mass is 231 g/mol. The van der Waals surface area contributed by atoms with E-state index in [1.165, 1.54) is 36.8 Å². The first-order valence-corrected chi connectivity index (χ1v) is 6.38. The van der Waals surface area contributed by atoms with Crippen LogP contribution in [-0.4, -0.2) is 13.7 Å². The van der Waals surface area contributed by atoms with E-state index in [0.29, 0.717) is 12.5 Å². The second kappa shape index (κ2) is 5.87. The lowest BCUT2D eigenvalue weighted by atomic mass is 9.84. The molecule has 0 radical (unpaired) electrons. The van der Waals surface area contributed by atoms with Crippen molar-refractivity contribution in [2.75, 3.05) is 13.7 Å². The lowest BCUT2D eigenvalue weighted by Gasteiger charge is -2.22. The summed E-state index contributed by atoms with van der Waals surface area (Å²) >= 11 is 0. The van der Waals surface area contributed by atoms with E-state index in [-0.39, 0.29) is 0 Å². The van der Waals surface area contributed by atoms with Crippen molar-refractivity contribution in [2.45, 2.75) is 31.6 Å². The van der Waals surface area contributed by atoms with Gasteiger partial charge in [0.2, 0.25) is 0 Å². The third-order valence-electron chi connectivity index (χ3n) is 3.53. The Hall–Kier alpha value is -1.28. The van der Waals surface area contributed by atoms with Crippen molar-refractivity contribution in [1.82, 2.24) is 0 Å². The summed E-state index contributed by atoms with van der Waals surface area (Å²) in [6.45, 7) is 0.693. The molecule has 2 nitrogen and oxygen atoms in total. The molecule has 0 spiro atoms. The molecule has 0 fully saturated rings. The molecule has 0 bridgehead atoms. The molecule has 1 atom stereocenters. The highest BCUT2D eigenvalue weighted by atomic mass is 16.5. The standard InChI is InChI=1S/C15H21NO/c1-17-14-9-7-13(8-10-14)15(11-16)12-5-3-2-4-6-12/h5,7-10,15H,2-4,6,11,16H2,1H3. The van der Waals surface area contributed by atoms with Gasteiger partial charge in [0.25, 0.3) is 0 Å². The second-order valence-electron chi connectivity index (χ2n) is 4.59. The van der Waals surface area contributed by atoms with Gasteiger partial charge < -0.3 is 10.5 Å². The van der Waals surface area contributed by atoms with E-state index in [1.54, 1.807) is 7.11 Å². The zero-order valence-corrected chi connectivity index (χ0v) is 10.5. The van der Waals surface area contributed by atoms with Crippen LogP contribution in [-0.2, 0) is 0 Å². The fraction of sp³-hybridized carbons (Fsp3) is 0.467. The smallest absolute Gasteiger partial charge is 0.118 e. The zero-order valence-electron chi connectivity index (χ0n) is 10.5.